The van der Waals surface area contributed by atoms with E-state index >= 15 is 0 Å². The van der Waals surface area contributed by atoms with Gasteiger partial charge in [0.2, 0.25) is 5.78 Å². The zero-order chi connectivity index (χ0) is 7.07. The van der Waals surface area contributed by atoms with Crippen LogP contribution in [0.4, 0.5) is 0 Å². The molecule has 1 saturated carbocycles. The summed E-state index contributed by atoms with van der Waals surface area (Å²) in [6.45, 7) is 1.68. The van der Waals surface area contributed by atoms with E-state index in [4.69, 9.17) is 5.11 Å². The Balaban J connectivity index is 2.63. The van der Waals surface area contributed by atoms with Crippen molar-refractivity contribution in [2.24, 2.45) is 5.41 Å². The molecule has 0 radical (unpaired) electrons. The first-order valence-corrected chi connectivity index (χ1v) is 2.84. The van der Waals surface area contributed by atoms with Crippen LogP contribution in [-0.2, 0) is 9.59 Å². The van der Waals surface area contributed by atoms with Crippen LogP contribution in [0.2, 0.25) is 0 Å². The fourth-order valence-electron chi connectivity index (χ4n) is 0.673. The van der Waals surface area contributed by atoms with Gasteiger partial charge in [0.05, 0.1) is 0 Å². The average molecular weight is 128 g/mol. The van der Waals surface area contributed by atoms with Crippen LogP contribution in [0.5, 0.6) is 0 Å². The lowest BCUT2D eigenvalue weighted by Crippen LogP contribution is -2.21. The first-order chi connectivity index (χ1) is 4.06. The molecule has 0 aromatic heterocycles. The molecule has 3 nitrogen and oxygen atoms in total. The Bertz CT molecular complexity index is 167. The van der Waals surface area contributed by atoms with E-state index in [2.05, 4.69) is 0 Å². The van der Waals surface area contributed by atoms with E-state index in [0.29, 0.717) is 0 Å². The molecule has 9 heavy (non-hydrogen) atoms. The van der Waals surface area contributed by atoms with Crippen LogP contribution in [0.25, 0.3) is 0 Å². The van der Waals surface area contributed by atoms with Crippen LogP contribution < -0.4 is 0 Å². The second-order valence-corrected chi connectivity index (χ2v) is 2.69. The average Bonchev–Trinajstić information content (AvgIpc) is 2.47. The summed E-state index contributed by atoms with van der Waals surface area (Å²) in [5.74, 6) is -1.93. The van der Waals surface area contributed by atoms with Crippen molar-refractivity contribution in [1.29, 1.82) is 0 Å². The molecule has 0 aromatic rings. The summed E-state index contributed by atoms with van der Waals surface area (Å²) < 4.78 is 0. The van der Waals surface area contributed by atoms with Crippen molar-refractivity contribution < 1.29 is 14.7 Å². The third kappa shape index (κ3) is 0.943. The van der Waals surface area contributed by atoms with Gasteiger partial charge >= 0.3 is 5.97 Å². The second-order valence-electron chi connectivity index (χ2n) is 2.69. The van der Waals surface area contributed by atoms with Crippen LogP contribution >= 0.6 is 0 Å². The number of hydrogen-bond acceptors (Lipinski definition) is 2. The monoisotopic (exact) mass is 128 g/mol. The highest BCUT2D eigenvalue weighted by atomic mass is 16.4. The first-order valence-electron chi connectivity index (χ1n) is 2.84. The normalized spacial score (nSPS) is 21.0. The van der Waals surface area contributed by atoms with Gasteiger partial charge in [0.1, 0.15) is 0 Å². The maximum atomic E-state index is 10.6. The van der Waals surface area contributed by atoms with Crippen molar-refractivity contribution in [1.82, 2.24) is 0 Å². The Labute approximate surface area is 52.7 Å². The van der Waals surface area contributed by atoms with Gasteiger partial charge in [-0.25, -0.2) is 4.79 Å². The summed E-state index contributed by atoms with van der Waals surface area (Å²) in [5.41, 5.74) is -0.508. The molecule has 3 heteroatoms. The van der Waals surface area contributed by atoms with Crippen LogP contribution in [0, 0.1) is 5.41 Å². The summed E-state index contributed by atoms with van der Waals surface area (Å²) in [6, 6.07) is 0. The van der Waals surface area contributed by atoms with Crippen molar-refractivity contribution in [3.05, 3.63) is 0 Å². The smallest absolute Gasteiger partial charge is 0.372 e. The van der Waals surface area contributed by atoms with Gasteiger partial charge in [0.25, 0.3) is 0 Å². The van der Waals surface area contributed by atoms with Crippen molar-refractivity contribution >= 4 is 11.8 Å². The maximum Gasteiger partial charge on any atom is 0.372 e. The summed E-state index contributed by atoms with van der Waals surface area (Å²) >= 11 is 0. The van der Waals surface area contributed by atoms with Gasteiger partial charge in [0.15, 0.2) is 0 Å². The lowest BCUT2D eigenvalue weighted by atomic mass is 10.1. The molecule has 1 aliphatic carbocycles. The molecular weight excluding hydrogens is 120 g/mol. The molecule has 1 fully saturated rings. The zero-order valence-corrected chi connectivity index (χ0v) is 5.18. The summed E-state index contributed by atoms with van der Waals surface area (Å²) in [7, 11) is 0. The van der Waals surface area contributed by atoms with E-state index in [-0.39, 0.29) is 0 Å². The van der Waals surface area contributed by atoms with E-state index in [1.807, 2.05) is 0 Å². The van der Waals surface area contributed by atoms with E-state index in [1.165, 1.54) is 0 Å². The minimum atomic E-state index is -1.30. The third-order valence-corrected chi connectivity index (χ3v) is 1.74. The Kier molecular flexibility index (Phi) is 1.08. The highest BCUT2D eigenvalue weighted by molar-refractivity contribution is 6.35. The molecule has 1 aliphatic rings. The molecule has 50 valence electrons. The quantitative estimate of drug-likeness (QED) is 0.549. The van der Waals surface area contributed by atoms with Crippen molar-refractivity contribution in [3.63, 3.8) is 0 Å². The molecule has 0 amide bonds. The number of ketones is 1. The van der Waals surface area contributed by atoms with Gasteiger partial charge in [-0.05, 0) is 12.8 Å². The molecule has 0 aliphatic heterocycles. The van der Waals surface area contributed by atoms with Crippen LogP contribution in [0.1, 0.15) is 19.8 Å². The minimum absolute atomic E-state index is 0.508. The van der Waals surface area contributed by atoms with Gasteiger partial charge in [0, 0.05) is 5.41 Å². The van der Waals surface area contributed by atoms with Gasteiger partial charge in [-0.3, -0.25) is 4.79 Å². The highest BCUT2D eigenvalue weighted by Gasteiger charge is 2.47. The highest BCUT2D eigenvalue weighted by Crippen LogP contribution is 2.45. The molecule has 1 rings (SSSR count). The minimum Gasteiger partial charge on any atom is -0.475 e. The number of aliphatic carboxylic acids is 1. The second kappa shape index (κ2) is 1.56. The first kappa shape index (κ1) is 6.26. The number of carbonyl (C=O) groups excluding carboxylic acids is 1. The summed E-state index contributed by atoms with van der Waals surface area (Å²) in [6.07, 6.45) is 1.47. The number of hydrogen-bond donors (Lipinski definition) is 1. The predicted molar refractivity (Wildman–Crippen MR) is 30.0 cm³/mol. The molecule has 0 saturated heterocycles. The van der Waals surface area contributed by atoms with Gasteiger partial charge < -0.3 is 5.11 Å². The summed E-state index contributed by atoms with van der Waals surface area (Å²) in [5, 5.41) is 8.21. The maximum absolute atomic E-state index is 10.6. The Morgan fingerprint density at radius 1 is 1.44 bits per heavy atom. The van der Waals surface area contributed by atoms with E-state index in [1.54, 1.807) is 6.92 Å². The molecule has 0 aromatic carbocycles. The van der Waals surface area contributed by atoms with Crippen LogP contribution in [-0.4, -0.2) is 16.9 Å². The SMILES string of the molecule is CC1(C(=O)C(=O)O)CC1. The van der Waals surface area contributed by atoms with E-state index in [0.717, 1.165) is 12.8 Å². The number of carbonyl (C=O) groups is 2. The molecule has 0 heterocycles. The van der Waals surface area contributed by atoms with E-state index < -0.39 is 17.2 Å². The molecule has 0 unspecified atom stereocenters. The fraction of sp³-hybridized carbons (Fsp3) is 0.667. The third-order valence-electron chi connectivity index (χ3n) is 1.74. The Hall–Kier alpha value is -0.860. The standard InChI is InChI=1S/C6H8O3/c1-6(2-3-6)4(7)5(8)9/h2-3H2,1H3,(H,8,9). The van der Waals surface area contributed by atoms with Crippen LogP contribution in [0.3, 0.4) is 0 Å². The van der Waals surface area contributed by atoms with Crippen LogP contribution in [0.15, 0.2) is 0 Å². The number of carboxylic acid groups (broad SMARTS) is 1. The molecule has 0 spiro atoms. The van der Waals surface area contributed by atoms with Crippen molar-refractivity contribution in [3.8, 4) is 0 Å². The number of rotatable bonds is 2. The van der Waals surface area contributed by atoms with Gasteiger partial charge in [-0.1, -0.05) is 6.92 Å². The molecule has 1 N–H and O–H groups in total. The zero-order valence-electron chi connectivity index (χ0n) is 5.18. The van der Waals surface area contributed by atoms with Crippen molar-refractivity contribution in [2.75, 3.05) is 0 Å². The topological polar surface area (TPSA) is 54.4 Å². The lowest BCUT2D eigenvalue weighted by molar-refractivity contribution is -0.151. The van der Waals surface area contributed by atoms with Gasteiger partial charge in [-0.2, -0.15) is 0 Å². The lowest BCUT2D eigenvalue weighted by Gasteiger charge is -1.98. The summed E-state index contributed by atoms with van der Waals surface area (Å²) in [4.78, 5) is 20.7. The Morgan fingerprint density at radius 3 is 2.00 bits per heavy atom. The molecule has 0 bridgehead atoms. The predicted octanol–water partition coefficient (Wildman–Crippen LogP) is 0.440. The number of Topliss-reactive ketones (excluding diaryl/α,β-unsaturated/α-hetero) is 1. The number of carboxylic acids is 1. The Morgan fingerprint density at radius 2 is 1.89 bits per heavy atom. The van der Waals surface area contributed by atoms with Crippen molar-refractivity contribution in [2.45, 2.75) is 19.8 Å². The van der Waals surface area contributed by atoms with Gasteiger partial charge in [-0.15, -0.1) is 0 Å². The molecular formula is C6H8O3. The largest absolute Gasteiger partial charge is 0.475 e. The fourth-order valence-corrected chi connectivity index (χ4v) is 0.673. The molecule has 0 atom stereocenters. The van der Waals surface area contributed by atoms with E-state index in [9.17, 15) is 9.59 Å².